The number of aromatic nitrogens is 3. The Morgan fingerprint density at radius 2 is 2.00 bits per heavy atom. The highest BCUT2D eigenvalue weighted by Gasteiger charge is 2.20. The summed E-state index contributed by atoms with van der Waals surface area (Å²) in [5.41, 5.74) is 5.53. The molecule has 124 valence electrons. The molecule has 0 aliphatic carbocycles. The predicted molar refractivity (Wildman–Crippen MR) is 92.4 cm³/mol. The molecule has 0 atom stereocenters. The van der Waals surface area contributed by atoms with Crippen LogP contribution in [0.1, 0.15) is 16.1 Å². The van der Waals surface area contributed by atoms with Crippen molar-refractivity contribution in [3.63, 3.8) is 0 Å². The van der Waals surface area contributed by atoms with E-state index in [1.54, 1.807) is 10.9 Å². The van der Waals surface area contributed by atoms with Crippen LogP contribution < -0.4 is 10.1 Å². The van der Waals surface area contributed by atoms with Gasteiger partial charge in [-0.15, -0.1) is 0 Å². The number of carbonyl (C=O) groups is 1. The molecule has 0 spiro atoms. The summed E-state index contributed by atoms with van der Waals surface area (Å²) in [6.07, 6.45) is 2.72. The van der Waals surface area contributed by atoms with E-state index in [1.165, 1.54) is 5.56 Å². The third-order valence-electron chi connectivity index (χ3n) is 4.66. The number of nitrogens with one attached hydrogen (secondary N) is 1. The van der Waals surface area contributed by atoms with Gasteiger partial charge in [-0.05, 0) is 42.0 Å². The predicted octanol–water partition coefficient (Wildman–Crippen LogP) is 2.29. The Morgan fingerprint density at radius 1 is 1.08 bits per heavy atom. The van der Waals surface area contributed by atoms with Crippen LogP contribution in [0.5, 0.6) is 5.75 Å². The third-order valence-corrected chi connectivity index (χ3v) is 4.66. The summed E-state index contributed by atoms with van der Waals surface area (Å²) in [6.45, 7) is 2.06. The maximum absolute atomic E-state index is 11.9. The lowest BCUT2D eigenvalue weighted by molar-refractivity contribution is 0.0924. The zero-order chi connectivity index (χ0) is 16.8. The highest BCUT2D eigenvalue weighted by molar-refractivity contribution is 5.94. The van der Waals surface area contributed by atoms with E-state index in [-0.39, 0.29) is 5.91 Å². The molecule has 4 heterocycles. The fourth-order valence-electron chi connectivity index (χ4n) is 3.37. The molecule has 1 amide bonds. The molecule has 6 heteroatoms. The van der Waals surface area contributed by atoms with Crippen LogP contribution in [0.4, 0.5) is 0 Å². The van der Waals surface area contributed by atoms with Crippen molar-refractivity contribution in [2.75, 3.05) is 13.2 Å². The van der Waals surface area contributed by atoms with Crippen LogP contribution in [-0.4, -0.2) is 33.8 Å². The number of pyridine rings is 1. The van der Waals surface area contributed by atoms with Gasteiger partial charge in [0.25, 0.3) is 5.91 Å². The number of nitrogens with zero attached hydrogens (tertiary/aromatic N) is 3. The summed E-state index contributed by atoms with van der Waals surface area (Å²) in [5, 5.41) is 7.41. The lowest BCUT2D eigenvalue weighted by Crippen LogP contribution is -2.35. The summed E-state index contributed by atoms with van der Waals surface area (Å²) in [6, 6.07) is 12.0. The number of amides is 1. The quantitative estimate of drug-likeness (QED) is 0.782. The van der Waals surface area contributed by atoms with E-state index in [4.69, 9.17) is 4.74 Å². The van der Waals surface area contributed by atoms with Crippen molar-refractivity contribution in [1.29, 1.82) is 0 Å². The summed E-state index contributed by atoms with van der Waals surface area (Å²) in [7, 11) is 0. The van der Waals surface area contributed by atoms with E-state index < -0.39 is 0 Å². The summed E-state index contributed by atoms with van der Waals surface area (Å²) in [4.78, 5) is 16.4. The van der Waals surface area contributed by atoms with E-state index >= 15 is 0 Å². The van der Waals surface area contributed by atoms with Crippen LogP contribution >= 0.6 is 0 Å². The molecule has 0 unspecified atom stereocenters. The third kappa shape index (κ3) is 2.38. The van der Waals surface area contributed by atoms with Gasteiger partial charge in [0.2, 0.25) is 0 Å². The Balaban J connectivity index is 1.54. The average molecular weight is 332 g/mol. The zero-order valence-corrected chi connectivity index (χ0v) is 13.5. The number of fused-ring (bicyclic) bond motifs is 2. The topological polar surface area (TPSA) is 69.0 Å². The van der Waals surface area contributed by atoms with Gasteiger partial charge in [-0.3, -0.25) is 14.5 Å². The molecule has 0 fully saturated rings. The monoisotopic (exact) mass is 332 g/mol. The maximum Gasteiger partial charge on any atom is 0.269 e. The first-order chi connectivity index (χ1) is 12.3. The highest BCUT2D eigenvalue weighted by Crippen LogP contribution is 2.31. The standard InChI is InChI=1S/C19H16N4O2/c24-19-17-11-16(22-23(17)7-6-21-19)13-3-5-20-15(10-13)12-1-2-18-14(9-12)4-8-25-18/h1-3,5,9-11H,4,6-8H2,(H,21,24). The Labute approximate surface area is 144 Å². The molecule has 2 aliphatic rings. The molecule has 3 aromatic rings. The molecule has 25 heavy (non-hydrogen) atoms. The Morgan fingerprint density at radius 3 is 2.92 bits per heavy atom. The van der Waals surface area contributed by atoms with E-state index in [0.717, 1.165) is 41.3 Å². The van der Waals surface area contributed by atoms with Crippen molar-refractivity contribution in [1.82, 2.24) is 20.1 Å². The van der Waals surface area contributed by atoms with Crippen molar-refractivity contribution >= 4 is 5.91 Å². The van der Waals surface area contributed by atoms with Crippen molar-refractivity contribution in [2.24, 2.45) is 0 Å². The average Bonchev–Trinajstić information content (AvgIpc) is 3.28. The lowest BCUT2D eigenvalue weighted by Gasteiger charge is -2.13. The fourth-order valence-corrected chi connectivity index (χ4v) is 3.37. The smallest absolute Gasteiger partial charge is 0.269 e. The van der Waals surface area contributed by atoms with Crippen LogP contribution in [0.3, 0.4) is 0 Å². The van der Waals surface area contributed by atoms with Gasteiger partial charge >= 0.3 is 0 Å². The molecule has 2 aliphatic heterocycles. The van der Waals surface area contributed by atoms with Crippen molar-refractivity contribution in [2.45, 2.75) is 13.0 Å². The van der Waals surface area contributed by atoms with Gasteiger partial charge in [-0.25, -0.2) is 0 Å². The second-order valence-corrected chi connectivity index (χ2v) is 6.24. The number of rotatable bonds is 2. The number of hydrogen-bond donors (Lipinski definition) is 1. The van der Waals surface area contributed by atoms with E-state index in [2.05, 4.69) is 21.5 Å². The second-order valence-electron chi connectivity index (χ2n) is 6.24. The van der Waals surface area contributed by atoms with Gasteiger partial charge in [-0.2, -0.15) is 5.10 Å². The number of ether oxygens (including phenoxy) is 1. The zero-order valence-electron chi connectivity index (χ0n) is 13.5. The molecule has 0 bridgehead atoms. The van der Waals surface area contributed by atoms with Crippen LogP contribution in [-0.2, 0) is 13.0 Å². The van der Waals surface area contributed by atoms with Gasteiger partial charge in [0.15, 0.2) is 0 Å². The first-order valence-electron chi connectivity index (χ1n) is 8.36. The summed E-state index contributed by atoms with van der Waals surface area (Å²) < 4.78 is 7.33. The first-order valence-corrected chi connectivity index (χ1v) is 8.36. The van der Waals surface area contributed by atoms with Gasteiger partial charge in [-0.1, -0.05) is 0 Å². The second kappa shape index (κ2) is 5.44. The SMILES string of the molecule is O=C1NCCn2nc(-c3ccnc(-c4ccc5c(c4)CCO5)c3)cc21. The summed E-state index contributed by atoms with van der Waals surface area (Å²) >= 11 is 0. The minimum atomic E-state index is -0.0714. The molecular formula is C19H16N4O2. The Hall–Kier alpha value is -3.15. The first kappa shape index (κ1) is 14.2. The molecule has 1 N–H and O–H groups in total. The van der Waals surface area contributed by atoms with Crippen molar-refractivity contribution in [3.05, 3.63) is 53.9 Å². The number of carbonyl (C=O) groups excluding carboxylic acids is 1. The lowest BCUT2D eigenvalue weighted by atomic mass is 10.0. The normalized spacial score (nSPS) is 15.3. The van der Waals surface area contributed by atoms with Crippen molar-refractivity contribution < 1.29 is 9.53 Å². The molecule has 0 radical (unpaired) electrons. The van der Waals surface area contributed by atoms with Gasteiger partial charge in [0, 0.05) is 30.3 Å². The molecule has 0 saturated heterocycles. The molecule has 0 saturated carbocycles. The fraction of sp³-hybridized carbons (Fsp3) is 0.211. The van der Waals surface area contributed by atoms with E-state index in [9.17, 15) is 4.79 Å². The maximum atomic E-state index is 11.9. The largest absolute Gasteiger partial charge is 0.493 e. The van der Waals surface area contributed by atoms with E-state index in [1.807, 2.05) is 30.3 Å². The van der Waals surface area contributed by atoms with E-state index in [0.29, 0.717) is 18.8 Å². The molecular weight excluding hydrogens is 316 g/mol. The van der Waals surface area contributed by atoms with Crippen LogP contribution in [0.2, 0.25) is 0 Å². The number of hydrogen-bond acceptors (Lipinski definition) is 4. The van der Waals surface area contributed by atoms with Crippen LogP contribution in [0, 0.1) is 0 Å². The summed E-state index contributed by atoms with van der Waals surface area (Å²) in [5.74, 6) is 0.894. The van der Waals surface area contributed by atoms with Crippen LogP contribution in [0.15, 0.2) is 42.6 Å². The minimum Gasteiger partial charge on any atom is -0.493 e. The van der Waals surface area contributed by atoms with Crippen molar-refractivity contribution in [3.8, 4) is 28.3 Å². The molecule has 2 aromatic heterocycles. The highest BCUT2D eigenvalue weighted by atomic mass is 16.5. The molecule has 5 rings (SSSR count). The van der Waals surface area contributed by atoms with Gasteiger partial charge < -0.3 is 10.1 Å². The van der Waals surface area contributed by atoms with Crippen LogP contribution in [0.25, 0.3) is 22.5 Å². The molecule has 1 aromatic carbocycles. The van der Waals surface area contributed by atoms with Gasteiger partial charge in [0.1, 0.15) is 11.4 Å². The Kier molecular flexibility index (Phi) is 3.09. The van der Waals surface area contributed by atoms with Gasteiger partial charge in [0.05, 0.1) is 24.5 Å². The minimum absolute atomic E-state index is 0.0714. The molecule has 6 nitrogen and oxygen atoms in total. The number of benzene rings is 1. The Bertz CT molecular complexity index is 993.